The summed E-state index contributed by atoms with van der Waals surface area (Å²) >= 11 is 9.51. The molecule has 0 bridgehead atoms. The largest absolute Gasteiger partial charge is 0.368 e. The van der Waals surface area contributed by atoms with Crippen LogP contribution in [0.3, 0.4) is 0 Å². The number of carbonyl (C=O) groups is 1. The van der Waals surface area contributed by atoms with E-state index in [1.807, 2.05) is 36.4 Å². The molecule has 0 amide bonds. The first-order valence-corrected chi connectivity index (χ1v) is 9.29. The second-order valence-electron chi connectivity index (χ2n) is 6.32. The predicted octanol–water partition coefficient (Wildman–Crippen LogP) is 5.99. The van der Waals surface area contributed by atoms with Gasteiger partial charge in [0, 0.05) is 27.2 Å². The maximum absolute atomic E-state index is 13.8. The van der Waals surface area contributed by atoms with Gasteiger partial charge in [-0.05, 0) is 53.6 Å². The van der Waals surface area contributed by atoms with Gasteiger partial charge in [0.25, 0.3) is 0 Å². The van der Waals surface area contributed by atoms with Crippen LogP contribution in [0.4, 0.5) is 10.1 Å². The maximum Gasteiger partial charge on any atom is 0.195 e. The van der Waals surface area contributed by atoms with E-state index in [1.165, 1.54) is 12.1 Å². The third-order valence-corrected chi connectivity index (χ3v) is 5.73. The van der Waals surface area contributed by atoms with Crippen LogP contribution in [0.25, 0.3) is 0 Å². The minimum atomic E-state index is -1.01. The molecule has 3 aromatic carbocycles. The highest BCUT2D eigenvalue weighted by Crippen LogP contribution is 2.42. The van der Waals surface area contributed by atoms with E-state index in [9.17, 15) is 9.18 Å². The smallest absolute Gasteiger partial charge is 0.195 e. The molecule has 5 heteroatoms. The van der Waals surface area contributed by atoms with Gasteiger partial charge in [-0.2, -0.15) is 0 Å². The molecule has 1 atom stereocenters. The van der Waals surface area contributed by atoms with Crippen LogP contribution in [0.1, 0.15) is 21.5 Å². The lowest BCUT2D eigenvalue weighted by Crippen LogP contribution is -2.41. The first kappa shape index (κ1) is 17.3. The van der Waals surface area contributed by atoms with Crippen molar-refractivity contribution >= 4 is 39.0 Å². The Balaban J connectivity index is 1.87. The van der Waals surface area contributed by atoms with Crippen LogP contribution >= 0.6 is 27.5 Å². The second kappa shape index (κ2) is 6.53. The van der Waals surface area contributed by atoms with Crippen molar-refractivity contribution in [1.29, 1.82) is 0 Å². The van der Waals surface area contributed by atoms with Crippen LogP contribution in [0.2, 0.25) is 5.02 Å². The van der Waals surface area contributed by atoms with E-state index in [4.69, 9.17) is 11.6 Å². The molecule has 4 rings (SSSR count). The van der Waals surface area contributed by atoms with Crippen molar-refractivity contribution in [3.05, 3.63) is 98.7 Å². The average Bonchev–Trinajstić information content (AvgIpc) is 2.92. The fourth-order valence-corrected chi connectivity index (χ4v) is 3.95. The van der Waals surface area contributed by atoms with Crippen molar-refractivity contribution in [3.63, 3.8) is 0 Å². The highest BCUT2D eigenvalue weighted by atomic mass is 79.9. The number of halogens is 3. The first-order valence-electron chi connectivity index (χ1n) is 8.11. The summed E-state index contributed by atoms with van der Waals surface area (Å²) in [7, 11) is 0. The number of ketones is 1. The second-order valence-corrected chi connectivity index (χ2v) is 7.62. The average molecular weight is 431 g/mol. The van der Waals surface area contributed by atoms with Gasteiger partial charge >= 0.3 is 0 Å². The van der Waals surface area contributed by atoms with Gasteiger partial charge < -0.3 is 5.32 Å². The fourth-order valence-electron chi connectivity index (χ4n) is 3.44. The molecular formula is C21H14BrClFNO. The summed E-state index contributed by atoms with van der Waals surface area (Å²) in [6.07, 6.45) is 0.306. The summed E-state index contributed by atoms with van der Waals surface area (Å²) in [5, 5.41) is 3.99. The fraction of sp³-hybridized carbons (Fsp3) is 0.0952. The lowest BCUT2D eigenvalue weighted by molar-refractivity contribution is 0.0916. The Morgan fingerprint density at radius 1 is 1.04 bits per heavy atom. The number of hydrogen-bond acceptors (Lipinski definition) is 2. The molecule has 2 nitrogen and oxygen atoms in total. The molecule has 0 radical (unpaired) electrons. The van der Waals surface area contributed by atoms with Crippen LogP contribution in [0.5, 0.6) is 0 Å². The molecule has 1 N–H and O–H groups in total. The molecule has 1 heterocycles. The number of rotatable bonds is 3. The summed E-state index contributed by atoms with van der Waals surface area (Å²) in [5.74, 6) is -0.371. The van der Waals surface area contributed by atoms with Gasteiger partial charge in [0.05, 0.1) is 0 Å². The van der Waals surface area contributed by atoms with Crippen LogP contribution in [0.15, 0.2) is 71.2 Å². The molecule has 0 spiro atoms. The molecule has 130 valence electrons. The van der Waals surface area contributed by atoms with Crippen LogP contribution in [-0.2, 0) is 12.0 Å². The topological polar surface area (TPSA) is 29.1 Å². The van der Waals surface area contributed by atoms with Crippen molar-refractivity contribution < 1.29 is 9.18 Å². The van der Waals surface area contributed by atoms with Crippen LogP contribution in [0, 0.1) is 5.82 Å². The molecule has 26 heavy (non-hydrogen) atoms. The van der Waals surface area contributed by atoms with Gasteiger partial charge in [-0.1, -0.05) is 51.8 Å². The molecule has 1 unspecified atom stereocenters. The SMILES string of the molecule is O=C1c2ccccc2NC1(Cc1cc(F)ccc1Br)c1ccc(Cl)cc1. The van der Waals surface area contributed by atoms with Crippen LogP contribution in [-0.4, -0.2) is 5.78 Å². The number of anilines is 1. The van der Waals surface area contributed by atoms with Crippen LogP contribution < -0.4 is 5.32 Å². The summed E-state index contributed by atoms with van der Waals surface area (Å²) in [6.45, 7) is 0. The molecule has 0 fully saturated rings. The zero-order valence-electron chi connectivity index (χ0n) is 13.6. The number of hydrogen-bond donors (Lipinski definition) is 1. The van der Waals surface area contributed by atoms with E-state index in [0.717, 1.165) is 15.7 Å². The van der Waals surface area contributed by atoms with Crippen molar-refractivity contribution in [3.8, 4) is 0 Å². The quantitative estimate of drug-likeness (QED) is 0.553. The van der Waals surface area contributed by atoms with E-state index in [2.05, 4.69) is 21.2 Å². The summed E-state index contributed by atoms with van der Waals surface area (Å²) in [5.41, 5.74) is 1.91. The van der Waals surface area contributed by atoms with Crippen molar-refractivity contribution in [2.75, 3.05) is 5.32 Å². The minimum Gasteiger partial charge on any atom is -0.368 e. The Bertz CT molecular complexity index is 1010. The highest BCUT2D eigenvalue weighted by molar-refractivity contribution is 9.10. The Hall–Kier alpha value is -2.17. The summed E-state index contributed by atoms with van der Waals surface area (Å²) in [6, 6.07) is 19.1. The van der Waals surface area contributed by atoms with E-state index < -0.39 is 5.54 Å². The van der Waals surface area contributed by atoms with Gasteiger partial charge in [-0.25, -0.2) is 4.39 Å². The lowest BCUT2D eigenvalue weighted by Gasteiger charge is -2.30. The predicted molar refractivity (Wildman–Crippen MR) is 105 cm³/mol. The van der Waals surface area contributed by atoms with E-state index in [0.29, 0.717) is 22.6 Å². The van der Waals surface area contributed by atoms with Crippen molar-refractivity contribution in [1.82, 2.24) is 0 Å². The molecule has 0 aromatic heterocycles. The van der Waals surface area contributed by atoms with Crippen molar-refractivity contribution in [2.45, 2.75) is 12.0 Å². The first-order chi connectivity index (χ1) is 12.5. The third kappa shape index (κ3) is 2.83. The molecule has 3 aromatic rings. The van der Waals surface area contributed by atoms with Gasteiger partial charge in [-0.15, -0.1) is 0 Å². The van der Waals surface area contributed by atoms with Gasteiger partial charge in [-0.3, -0.25) is 4.79 Å². The Labute approximate surface area is 164 Å². The molecule has 0 saturated heterocycles. The van der Waals surface area contributed by atoms with Gasteiger partial charge in [0.2, 0.25) is 0 Å². The third-order valence-electron chi connectivity index (χ3n) is 4.71. The van der Waals surface area contributed by atoms with Gasteiger partial charge in [0.15, 0.2) is 5.78 Å². The Kier molecular flexibility index (Phi) is 4.33. The zero-order valence-corrected chi connectivity index (χ0v) is 15.9. The normalized spacial score (nSPS) is 18.5. The van der Waals surface area contributed by atoms with Gasteiger partial charge in [0.1, 0.15) is 11.4 Å². The molecular weight excluding hydrogens is 417 g/mol. The summed E-state index contributed by atoms with van der Waals surface area (Å²) < 4.78 is 14.6. The summed E-state index contributed by atoms with van der Waals surface area (Å²) in [4.78, 5) is 13.4. The maximum atomic E-state index is 13.8. The number of fused-ring (bicyclic) bond motifs is 1. The minimum absolute atomic E-state index is 0.0356. The Morgan fingerprint density at radius 3 is 2.50 bits per heavy atom. The number of benzene rings is 3. The molecule has 0 aliphatic carbocycles. The lowest BCUT2D eigenvalue weighted by atomic mass is 9.80. The number of carbonyl (C=O) groups excluding carboxylic acids is 1. The van der Waals surface area contributed by atoms with E-state index in [-0.39, 0.29) is 11.6 Å². The molecule has 1 aliphatic rings. The number of nitrogens with one attached hydrogen (secondary N) is 1. The highest BCUT2D eigenvalue weighted by Gasteiger charge is 2.46. The monoisotopic (exact) mass is 429 g/mol. The molecule has 1 aliphatic heterocycles. The van der Waals surface area contributed by atoms with Crippen molar-refractivity contribution in [2.24, 2.45) is 0 Å². The standard InChI is InChI=1S/C21H14BrClFNO/c22-18-10-9-16(24)11-13(18)12-21(14-5-7-15(23)8-6-14)20(26)17-3-1-2-4-19(17)25-21/h1-11,25H,12H2. The van der Waals surface area contributed by atoms with E-state index >= 15 is 0 Å². The number of para-hydroxylation sites is 1. The zero-order chi connectivity index (χ0) is 18.3. The molecule has 0 saturated carbocycles. The Morgan fingerprint density at radius 2 is 1.77 bits per heavy atom. The number of Topliss-reactive ketones (excluding diaryl/α,β-unsaturated/α-hetero) is 1. The van der Waals surface area contributed by atoms with E-state index in [1.54, 1.807) is 18.2 Å².